The van der Waals surface area contributed by atoms with Gasteiger partial charge in [-0.1, -0.05) is 144 Å². The van der Waals surface area contributed by atoms with Crippen LogP contribution in [0.15, 0.2) is 66.3 Å². The largest absolute Gasteiger partial charge is 0.471 e. The normalized spacial score (nSPS) is 19.1. The van der Waals surface area contributed by atoms with Crippen LogP contribution in [-0.4, -0.2) is 112 Å². The summed E-state index contributed by atoms with van der Waals surface area (Å²) in [7, 11) is 4.52. The quantitative estimate of drug-likeness (QED) is 0.0408. The maximum Gasteiger partial charge on any atom is 0.292 e. The zero-order chi connectivity index (χ0) is 54.4. The maximum atomic E-state index is 14.3. The number of carbonyl (C=O) groups is 7. The van der Waals surface area contributed by atoms with Crippen molar-refractivity contribution >= 4 is 47.5 Å². The van der Waals surface area contributed by atoms with Gasteiger partial charge in [-0.15, -0.1) is 0 Å². The Balaban J connectivity index is 0.00000293. The SMILES string of the molecule is CCCCCCCCCCCCCCCC(=O)NC(COCc1ccccc1)C(=O)NCC(=O)NCC(=O)N(C)C1C(=O)N[C@@H](C)C(=O)NC(C)CCCC2=CC[C@H](OC)C(=C2)c2cc1ccc2C1CC1.COC=O. The van der Waals surface area contributed by atoms with Gasteiger partial charge in [0.05, 0.1) is 39.5 Å². The molecule has 1 fully saturated rings. The van der Waals surface area contributed by atoms with Crippen LogP contribution in [0, 0.1) is 0 Å². The average molecular weight is 1040 g/mol. The molecule has 5 rings (SSSR count). The summed E-state index contributed by atoms with van der Waals surface area (Å²) in [5, 5.41) is 13.9. The highest BCUT2D eigenvalue weighted by Gasteiger charge is 2.35. The first-order valence-corrected chi connectivity index (χ1v) is 27.7. The van der Waals surface area contributed by atoms with Crippen molar-refractivity contribution in [2.45, 2.75) is 192 Å². The third kappa shape index (κ3) is 22.5. The van der Waals surface area contributed by atoms with Crippen molar-refractivity contribution in [2.24, 2.45) is 0 Å². The highest BCUT2D eigenvalue weighted by atomic mass is 16.5. The number of carbonyl (C=O) groups excluding carboxylic acids is 7. The number of nitrogens with one attached hydrogen (secondary N) is 5. The molecule has 3 unspecified atom stereocenters. The number of hydrogen-bond donors (Lipinski definition) is 5. The molecule has 1 aliphatic heterocycles. The van der Waals surface area contributed by atoms with E-state index in [9.17, 15) is 28.8 Å². The number of likely N-dealkylation sites (N-methyl/N-ethyl adjacent to an activating group) is 1. The van der Waals surface area contributed by atoms with Crippen LogP contribution in [0.4, 0.5) is 0 Å². The molecule has 4 bridgehead atoms. The van der Waals surface area contributed by atoms with Gasteiger partial charge in [-0.05, 0) is 98.6 Å². The molecule has 5 N–H and O–H groups in total. The number of rotatable bonds is 28. The van der Waals surface area contributed by atoms with Crippen molar-refractivity contribution in [3.05, 3.63) is 88.5 Å². The van der Waals surface area contributed by atoms with E-state index in [-0.39, 0.29) is 43.6 Å². The average Bonchev–Trinajstić information content (AvgIpc) is 4.26. The fraction of sp³-hybridized carbons (Fsp3) is 0.610. The first kappa shape index (κ1) is 61.7. The molecule has 16 heteroatoms. The second kappa shape index (κ2) is 34.7. The number of methoxy groups -OCH3 is 2. The molecule has 5 atom stereocenters. The smallest absolute Gasteiger partial charge is 0.292 e. The highest BCUT2D eigenvalue weighted by Crippen LogP contribution is 2.46. The van der Waals surface area contributed by atoms with E-state index in [1.165, 1.54) is 88.0 Å². The monoisotopic (exact) mass is 1040 g/mol. The molecule has 2 aromatic rings. The number of hydrogen-bond acceptors (Lipinski definition) is 10. The van der Waals surface area contributed by atoms with Crippen molar-refractivity contribution in [3.63, 3.8) is 0 Å². The first-order valence-electron chi connectivity index (χ1n) is 27.7. The lowest BCUT2D eigenvalue weighted by atomic mass is 9.84. The molecule has 75 heavy (non-hydrogen) atoms. The predicted octanol–water partition coefficient (Wildman–Crippen LogP) is 8.19. The van der Waals surface area contributed by atoms with Crippen molar-refractivity contribution in [2.75, 3.05) is 41.0 Å². The number of amides is 6. The van der Waals surface area contributed by atoms with E-state index >= 15 is 0 Å². The molecule has 2 aromatic carbocycles. The van der Waals surface area contributed by atoms with Gasteiger partial charge in [0.15, 0.2) is 0 Å². The predicted molar refractivity (Wildman–Crippen MR) is 292 cm³/mol. The second-order valence-electron chi connectivity index (χ2n) is 20.3. The van der Waals surface area contributed by atoms with E-state index in [2.05, 4.69) is 50.4 Å². The molecule has 1 saturated carbocycles. The third-order valence-electron chi connectivity index (χ3n) is 14.1. The Hall–Kier alpha value is -5.87. The molecule has 0 spiro atoms. The molecule has 1 heterocycles. The van der Waals surface area contributed by atoms with Crippen molar-refractivity contribution in [1.29, 1.82) is 0 Å². The topological polar surface area (TPSA) is 211 Å². The number of ether oxygens (including phenoxy) is 3. The number of benzene rings is 2. The lowest BCUT2D eigenvalue weighted by Gasteiger charge is -2.31. The molecule has 16 nitrogen and oxygen atoms in total. The third-order valence-corrected chi connectivity index (χ3v) is 14.1. The van der Waals surface area contributed by atoms with Gasteiger partial charge in [-0.25, -0.2) is 0 Å². The van der Waals surface area contributed by atoms with Crippen LogP contribution in [0.1, 0.15) is 183 Å². The summed E-state index contributed by atoms with van der Waals surface area (Å²) >= 11 is 0. The van der Waals surface area contributed by atoms with Crippen molar-refractivity contribution in [1.82, 2.24) is 31.5 Å². The standard InChI is InChI=1S/C57H84N6O8.C2H4O2/c1-6-7-8-9-10-11-12-13-14-15-16-17-21-27-51(64)62-49(39-71-38-43-24-19-18-20-25-43)56(68)59-36-52(65)58-37-53(66)63(4)54-45-31-32-46(44-29-30-44)47(35-45)48-34-42(28-33-50(48)70-5)26-22-23-40(2)60-55(67)41(3)61-57(54)69;1-4-2-3/h18-20,24-25,28,31-32,34-35,40-41,44,49-50,54H,6-17,21-23,26-27,29-30,33,36-39H2,1-5H3,(H,58,65)(H,59,68)(H,60,67)(H,61,69)(H,62,64);2H,1H3/t40?,41-,49?,50-,54?;/m0./s1. The Morgan fingerprint density at radius 2 is 1.45 bits per heavy atom. The van der Waals surface area contributed by atoms with Gasteiger partial charge >= 0.3 is 0 Å². The Morgan fingerprint density at radius 3 is 2.08 bits per heavy atom. The van der Waals surface area contributed by atoms with Gasteiger partial charge in [0.2, 0.25) is 35.4 Å². The van der Waals surface area contributed by atoms with Gasteiger partial charge in [0.25, 0.3) is 6.47 Å². The van der Waals surface area contributed by atoms with Crippen molar-refractivity contribution < 1.29 is 47.8 Å². The van der Waals surface area contributed by atoms with E-state index in [1.54, 1.807) is 14.0 Å². The van der Waals surface area contributed by atoms with E-state index in [0.29, 0.717) is 30.8 Å². The van der Waals surface area contributed by atoms with Crippen LogP contribution >= 0.6 is 0 Å². The van der Waals surface area contributed by atoms with Gasteiger partial charge in [0.1, 0.15) is 18.1 Å². The molecule has 0 aromatic heterocycles. The first-order chi connectivity index (χ1) is 36.3. The minimum absolute atomic E-state index is 0.108. The van der Waals surface area contributed by atoms with Crippen molar-refractivity contribution in [3.8, 4) is 0 Å². The fourth-order valence-electron chi connectivity index (χ4n) is 9.51. The summed E-state index contributed by atoms with van der Waals surface area (Å²) in [5.41, 5.74) is 5.85. The van der Waals surface area contributed by atoms with Gasteiger partial charge < -0.3 is 45.7 Å². The molecular weight excluding hydrogens is 953 g/mol. The van der Waals surface area contributed by atoms with Crippen LogP contribution < -0.4 is 26.6 Å². The summed E-state index contributed by atoms with van der Waals surface area (Å²) in [5.74, 6) is -2.57. The lowest BCUT2D eigenvalue weighted by molar-refractivity contribution is -0.140. The van der Waals surface area contributed by atoms with E-state index in [0.717, 1.165) is 68.1 Å². The van der Waals surface area contributed by atoms with Gasteiger partial charge in [0, 0.05) is 26.6 Å². The Morgan fingerprint density at radius 1 is 0.800 bits per heavy atom. The summed E-state index contributed by atoms with van der Waals surface area (Å²) in [6.07, 6.45) is 25.4. The van der Waals surface area contributed by atoms with E-state index < -0.39 is 54.8 Å². The van der Waals surface area contributed by atoms with Crippen LogP contribution in [0.2, 0.25) is 0 Å². The molecule has 2 aliphatic carbocycles. The Kier molecular flexibility index (Phi) is 28.5. The summed E-state index contributed by atoms with van der Waals surface area (Å²) < 4.78 is 15.7. The molecule has 3 aliphatic rings. The number of unbranched alkanes of at least 4 members (excludes halogenated alkanes) is 12. The fourth-order valence-corrected chi connectivity index (χ4v) is 9.51. The van der Waals surface area contributed by atoms with Crippen LogP contribution in [0.5, 0.6) is 0 Å². The number of allylic oxidation sites excluding steroid dienone is 2. The Labute approximate surface area is 446 Å². The van der Waals surface area contributed by atoms with Crippen LogP contribution in [0.3, 0.4) is 0 Å². The maximum absolute atomic E-state index is 14.3. The van der Waals surface area contributed by atoms with Gasteiger partial charge in [-0.3, -0.25) is 33.6 Å². The molecular formula is C59H88N6O10. The molecule has 6 amide bonds. The van der Waals surface area contributed by atoms with Crippen LogP contribution in [-0.2, 0) is 54.4 Å². The summed E-state index contributed by atoms with van der Waals surface area (Å²) in [6, 6.07) is 12.2. The second-order valence-corrected chi connectivity index (χ2v) is 20.3. The lowest BCUT2D eigenvalue weighted by Crippen LogP contribution is -2.52. The molecule has 414 valence electrons. The molecule has 0 radical (unpaired) electrons. The highest BCUT2D eigenvalue weighted by molar-refractivity contribution is 5.95. The molecule has 0 saturated heterocycles. The Bertz CT molecular complexity index is 2180. The van der Waals surface area contributed by atoms with Crippen LogP contribution in [0.25, 0.3) is 5.57 Å². The minimum Gasteiger partial charge on any atom is -0.471 e. The minimum atomic E-state index is -1.16. The summed E-state index contributed by atoms with van der Waals surface area (Å²) in [6.45, 7) is 5.37. The van der Waals surface area contributed by atoms with Gasteiger partial charge in [-0.2, -0.15) is 0 Å². The zero-order valence-electron chi connectivity index (χ0n) is 45.8. The number of fused-ring (bicyclic) bond motifs is 4. The zero-order valence-corrected chi connectivity index (χ0v) is 45.8. The number of nitrogens with zero attached hydrogens (tertiary/aromatic N) is 1. The van der Waals surface area contributed by atoms with E-state index in [4.69, 9.17) is 14.3 Å². The summed E-state index contributed by atoms with van der Waals surface area (Å²) in [4.78, 5) is 91.7. The van der Waals surface area contributed by atoms with E-state index in [1.807, 2.05) is 55.5 Å².